The summed E-state index contributed by atoms with van der Waals surface area (Å²) in [5.41, 5.74) is 0.360. The van der Waals surface area contributed by atoms with Gasteiger partial charge in [0.2, 0.25) is 11.8 Å². The molecule has 0 aromatic heterocycles. The van der Waals surface area contributed by atoms with E-state index < -0.39 is 5.41 Å². The quantitative estimate of drug-likeness (QED) is 0.845. The Morgan fingerprint density at radius 3 is 2.63 bits per heavy atom. The van der Waals surface area contributed by atoms with Crippen LogP contribution < -0.4 is 15.4 Å². The van der Waals surface area contributed by atoms with Crippen LogP contribution in [-0.2, 0) is 16.1 Å². The van der Waals surface area contributed by atoms with E-state index in [1.54, 1.807) is 14.0 Å². The topological polar surface area (TPSA) is 67.4 Å². The van der Waals surface area contributed by atoms with Gasteiger partial charge < -0.3 is 15.4 Å². The molecule has 5 nitrogen and oxygen atoms in total. The highest BCUT2D eigenvalue weighted by Crippen LogP contribution is 2.25. The predicted molar refractivity (Wildman–Crippen MR) is 70.6 cm³/mol. The first-order valence-corrected chi connectivity index (χ1v) is 6.21. The van der Waals surface area contributed by atoms with E-state index in [2.05, 4.69) is 10.6 Å². The minimum atomic E-state index is -0.635. The number of rotatable bonds is 4. The summed E-state index contributed by atoms with van der Waals surface area (Å²) in [7, 11) is 1.61. The number of benzene rings is 1. The molecule has 1 saturated heterocycles. The smallest absolute Gasteiger partial charge is 0.228 e. The number of methoxy groups -OCH3 is 1. The predicted octanol–water partition coefficient (Wildman–Crippen LogP) is 0.838. The molecule has 1 aromatic carbocycles. The third-order valence-electron chi connectivity index (χ3n) is 3.39. The average molecular weight is 262 g/mol. The van der Waals surface area contributed by atoms with Crippen LogP contribution in [0.4, 0.5) is 0 Å². The molecule has 0 saturated carbocycles. The van der Waals surface area contributed by atoms with Gasteiger partial charge in [0, 0.05) is 19.5 Å². The first-order valence-electron chi connectivity index (χ1n) is 6.21. The Hall–Kier alpha value is -2.04. The highest BCUT2D eigenvalue weighted by Gasteiger charge is 2.40. The summed E-state index contributed by atoms with van der Waals surface area (Å²) in [6.45, 7) is 2.65. The Balaban J connectivity index is 1.91. The van der Waals surface area contributed by atoms with Gasteiger partial charge in [-0.15, -0.1) is 0 Å². The van der Waals surface area contributed by atoms with Gasteiger partial charge in [0.15, 0.2) is 0 Å². The van der Waals surface area contributed by atoms with Crippen molar-refractivity contribution < 1.29 is 14.3 Å². The number of carbonyl (C=O) groups is 2. The van der Waals surface area contributed by atoms with E-state index in [9.17, 15) is 9.59 Å². The molecule has 0 aliphatic carbocycles. The van der Waals surface area contributed by atoms with Crippen LogP contribution >= 0.6 is 0 Å². The van der Waals surface area contributed by atoms with E-state index in [4.69, 9.17) is 4.74 Å². The van der Waals surface area contributed by atoms with Crippen LogP contribution in [0, 0.1) is 5.41 Å². The second-order valence-electron chi connectivity index (χ2n) is 5.04. The number of carbonyl (C=O) groups excluding carboxylic acids is 2. The van der Waals surface area contributed by atoms with Gasteiger partial charge in [-0.1, -0.05) is 12.1 Å². The largest absolute Gasteiger partial charge is 0.497 e. The zero-order valence-electron chi connectivity index (χ0n) is 11.2. The molecule has 0 bridgehead atoms. The van der Waals surface area contributed by atoms with Crippen molar-refractivity contribution >= 4 is 11.8 Å². The van der Waals surface area contributed by atoms with Crippen molar-refractivity contribution in [3.05, 3.63) is 29.8 Å². The van der Waals surface area contributed by atoms with Crippen LogP contribution in [0.15, 0.2) is 24.3 Å². The number of ether oxygens (including phenoxy) is 1. The van der Waals surface area contributed by atoms with Crippen LogP contribution in [0.5, 0.6) is 5.75 Å². The second-order valence-corrected chi connectivity index (χ2v) is 5.04. The zero-order valence-corrected chi connectivity index (χ0v) is 11.2. The lowest BCUT2D eigenvalue weighted by Crippen LogP contribution is -2.39. The molecule has 1 aliphatic rings. The second kappa shape index (κ2) is 5.30. The average Bonchev–Trinajstić information content (AvgIpc) is 2.77. The van der Waals surface area contributed by atoms with Gasteiger partial charge in [0.1, 0.15) is 5.75 Å². The number of hydrogen-bond acceptors (Lipinski definition) is 3. The summed E-state index contributed by atoms with van der Waals surface area (Å²) in [6, 6.07) is 7.51. The van der Waals surface area contributed by atoms with Crippen molar-refractivity contribution in [2.24, 2.45) is 5.41 Å². The monoisotopic (exact) mass is 262 g/mol. The van der Waals surface area contributed by atoms with Crippen LogP contribution in [0.2, 0.25) is 0 Å². The normalized spacial score (nSPS) is 21.9. The maximum atomic E-state index is 12.1. The fourth-order valence-electron chi connectivity index (χ4n) is 2.07. The summed E-state index contributed by atoms with van der Waals surface area (Å²) >= 11 is 0. The summed E-state index contributed by atoms with van der Waals surface area (Å²) in [5.74, 6) is 0.622. The summed E-state index contributed by atoms with van der Waals surface area (Å²) < 4.78 is 5.07. The molecule has 19 heavy (non-hydrogen) atoms. The summed E-state index contributed by atoms with van der Waals surface area (Å²) in [5, 5.41) is 5.56. The molecular formula is C14H18N2O3. The molecule has 1 heterocycles. The Bertz CT molecular complexity index is 484. The molecule has 1 fully saturated rings. The number of hydrogen-bond donors (Lipinski definition) is 2. The van der Waals surface area contributed by atoms with Crippen LogP contribution in [0.3, 0.4) is 0 Å². The van der Waals surface area contributed by atoms with Crippen molar-refractivity contribution in [1.29, 1.82) is 0 Å². The van der Waals surface area contributed by atoms with Crippen LogP contribution in [0.25, 0.3) is 0 Å². The Kier molecular flexibility index (Phi) is 3.74. The summed E-state index contributed by atoms with van der Waals surface area (Å²) in [4.78, 5) is 23.3. The minimum absolute atomic E-state index is 0.0675. The van der Waals surface area contributed by atoms with Crippen LogP contribution in [-0.4, -0.2) is 25.5 Å². The summed E-state index contributed by atoms with van der Waals surface area (Å²) in [6.07, 6.45) is 0.251. The third-order valence-corrected chi connectivity index (χ3v) is 3.39. The first-order chi connectivity index (χ1) is 9.03. The van der Waals surface area contributed by atoms with Gasteiger partial charge in [-0.3, -0.25) is 9.59 Å². The fraction of sp³-hybridized carbons (Fsp3) is 0.429. The lowest BCUT2D eigenvalue weighted by atomic mass is 9.88. The highest BCUT2D eigenvalue weighted by atomic mass is 16.5. The first kappa shape index (κ1) is 13.4. The van der Waals surface area contributed by atoms with E-state index in [0.717, 1.165) is 11.3 Å². The molecule has 0 spiro atoms. The van der Waals surface area contributed by atoms with E-state index in [1.165, 1.54) is 0 Å². The van der Waals surface area contributed by atoms with Crippen molar-refractivity contribution in [3.63, 3.8) is 0 Å². The molecule has 2 N–H and O–H groups in total. The molecule has 1 aliphatic heterocycles. The van der Waals surface area contributed by atoms with Crippen molar-refractivity contribution in [1.82, 2.24) is 10.6 Å². The Morgan fingerprint density at radius 2 is 2.11 bits per heavy atom. The van der Waals surface area contributed by atoms with Gasteiger partial charge in [-0.05, 0) is 24.6 Å². The third kappa shape index (κ3) is 3.05. The van der Waals surface area contributed by atoms with Gasteiger partial charge in [0.25, 0.3) is 0 Å². The Morgan fingerprint density at radius 1 is 1.42 bits per heavy atom. The van der Waals surface area contributed by atoms with Gasteiger partial charge in [-0.2, -0.15) is 0 Å². The van der Waals surface area contributed by atoms with Crippen LogP contribution in [0.1, 0.15) is 18.9 Å². The van der Waals surface area contributed by atoms with Crippen molar-refractivity contribution in [2.75, 3.05) is 13.7 Å². The molecule has 1 unspecified atom stereocenters. The maximum absolute atomic E-state index is 12.1. The fourth-order valence-corrected chi connectivity index (χ4v) is 2.07. The molecule has 102 valence electrons. The van der Waals surface area contributed by atoms with E-state index in [0.29, 0.717) is 13.1 Å². The lowest BCUT2D eigenvalue weighted by Gasteiger charge is -2.20. The SMILES string of the molecule is COc1ccc(CNC(=O)C2(C)CNC(=O)C2)cc1. The molecular weight excluding hydrogens is 244 g/mol. The van der Waals surface area contributed by atoms with Crippen molar-refractivity contribution in [2.45, 2.75) is 19.9 Å². The molecule has 5 heteroatoms. The van der Waals surface area contributed by atoms with Gasteiger partial charge in [0.05, 0.1) is 12.5 Å². The molecule has 0 radical (unpaired) electrons. The van der Waals surface area contributed by atoms with Gasteiger partial charge >= 0.3 is 0 Å². The highest BCUT2D eigenvalue weighted by molar-refractivity contribution is 5.92. The molecule has 2 rings (SSSR count). The molecule has 1 aromatic rings. The van der Waals surface area contributed by atoms with Gasteiger partial charge in [-0.25, -0.2) is 0 Å². The molecule has 2 amide bonds. The van der Waals surface area contributed by atoms with E-state index in [-0.39, 0.29) is 18.2 Å². The van der Waals surface area contributed by atoms with E-state index in [1.807, 2.05) is 24.3 Å². The maximum Gasteiger partial charge on any atom is 0.228 e. The number of amides is 2. The minimum Gasteiger partial charge on any atom is -0.497 e. The van der Waals surface area contributed by atoms with E-state index >= 15 is 0 Å². The zero-order chi connectivity index (χ0) is 13.9. The lowest BCUT2D eigenvalue weighted by molar-refractivity contribution is -0.131. The molecule has 1 atom stereocenters. The van der Waals surface area contributed by atoms with Crippen molar-refractivity contribution in [3.8, 4) is 5.75 Å². The standard InChI is InChI=1S/C14H18N2O3/c1-14(7-12(17)16-9-14)13(18)15-8-10-3-5-11(19-2)6-4-10/h3-6H,7-9H2,1-2H3,(H,15,18)(H,16,17). The number of nitrogens with one attached hydrogen (secondary N) is 2. The Labute approximate surface area is 112 Å².